The summed E-state index contributed by atoms with van der Waals surface area (Å²) in [5.41, 5.74) is 4.64. The fourth-order valence-corrected chi connectivity index (χ4v) is 5.88. The molecule has 3 aromatic rings. The van der Waals surface area contributed by atoms with Crippen LogP contribution >= 0.6 is 11.8 Å². The molecule has 4 heterocycles. The lowest BCUT2D eigenvalue weighted by atomic mass is 9.99. The van der Waals surface area contributed by atoms with Crippen molar-refractivity contribution in [2.24, 2.45) is 4.99 Å². The minimum Gasteiger partial charge on any atom is -0.497 e. The van der Waals surface area contributed by atoms with Crippen molar-refractivity contribution in [3.63, 3.8) is 0 Å². The van der Waals surface area contributed by atoms with E-state index in [1.165, 1.54) is 11.4 Å². The molecular weight excluding hydrogens is 392 g/mol. The number of nitrogens with zero attached hydrogens (tertiary/aromatic N) is 4. The first-order chi connectivity index (χ1) is 14.7. The van der Waals surface area contributed by atoms with Gasteiger partial charge in [0.05, 0.1) is 12.8 Å². The maximum Gasteiger partial charge on any atom is 0.160 e. The van der Waals surface area contributed by atoms with Crippen molar-refractivity contribution in [1.82, 2.24) is 14.5 Å². The highest BCUT2D eigenvalue weighted by Gasteiger charge is 2.46. The Kier molecular flexibility index (Phi) is 5.03. The number of thioether (sulfide) groups is 1. The molecule has 1 saturated heterocycles. The Morgan fingerprint density at radius 2 is 1.93 bits per heavy atom. The summed E-state index contributed by atoms with van der Waals surface area (Å²) in [7, 11) is 1.70. The molecule has 2 aliphatic heterocycles. The lowest BCUT2D eigenvalue weighted by Gasteiger charge is -2.32. The average Bonchev–Trinajstić information content (AvgIpc) is 3.47. The van der Waals surface area contributed by atoms with Crippen molar-refractivity contribution in [2.45, 2.75) is 38.4 Å². The summed E-state index contributed by atoms with van der Waals surface area (Å²) in [6, 6.07) is 19.5. The number of hydrogen-bond acceptors (Lipinski definition) is 5. The first-order valence-electron chi connectivity index (χ1n) is 10.4. The average molecular weight is 419 g/mol. The van der Waals surface area contributed by atoms with Gasteiger partial charge in [-0.15, -0.1) is 0 Å². The number of aryl methyl sites for hydroxylation is 1. The Morgan fingerprint density at radius 1 is 1.10 bits per heavy atom. The predicted octanol–water partition coefficient (Wildman–Crippen LogP) is 5.17. The SMILES string of the molecule is CC[C@H]1CSC2=N[C@H](c3ccccn3)[C@@H](c3ccc(C)n3-c3ccc(OC)cc3)N21. The monoisotopic (exact) mass is 418 g/mol. The molecule has 30 heavy (non-hydrogen) atoms. The number of aliphatic imine (C=N–C) groups is 1. The minimum atomic E-state index is -0.00523. The normalized spacial score (nSPS) is 22.8. The largest absolute Gasteiger partial charge is 0.497 e. The van der Waals surface area contributed by atoms with Crippen LogP contribution in [0.2, 0.25) is 0 Å². The molecule has 2 aliphatic rings. The number of aromatic nitrogens is 2. The van der Waals surface area contributed by atoms with Crippen LogP contribution in [0.4, 0.5) is 0 Å². The summed E-state index contributed by atoms with van der Waals surface area (Å²) in [6.45, 7) is 4.43. The third-order valence-electron chi connectivity index (χ3n) is 6.07. The van der Waals surface area contributed by atoms with E-state index in [1.54, 1.807) is 7.11 Å². The summed E-state index contributed by atoms with van der Waals surface area (Å²) >= 11 is 1.88. The molecule has 0 N–H and O–H groups in total. The Labute approximate surface area is 181 Å². The number of fused-ring (bicyclic) bond motifs is 1. The topological polar surface area (TPSA) is 42.6 Å². The second kappa shape index (κ2) is 7.84. The fourth-order valence-electron chi connectivity index (χ4n) is 4.54. The highest BCUT2D eigenvalue weighted by Crippen LogP contribution is 2.49. The van der Waals surface area contributed by atoms with Crippen LogP contribution in [0.3, 0.4) is 0 Å². The van der Waals surface area contributed by atoms with E-state index in [1.807, 2.05) is 36.2 Å². The number of benzene rings is 1. The summed E-state index contributed by atoms with van der Waals surface area (Å²) in [5, 5.41) is 1.16. The van der Waals surface area contributed by atoms with E-state index in [-0.39, 0.29) is 12.1 Å². The van der Waals surface area contributed by atoms with Crippen LogP contribution in [-0.4, -0.2) is 38.5 Å². The van der Waals surface area contributed by atoms with E-state index >= 15 is 0 Å². The number of pyridine rings is 1. The Hall–Kier alpha value is -2.73. The van der Waals surface area contributed by atoms with Crippen molar-refractivity contribution in [3.8, 4) is 11.4 Å². The van der Waals surface area contributed by atoms with Crippen molar-refractivity contribution in [1.29, 1.82) is 0 Å². The molecule has 0 spiro atoms. The zero-order valence-electron chi connectivity index (χ0n) is 17.5. The molecule has 2 aromatic heterocycles. The van der Waals surface area contributed by atoms with Gasteiger partial charge < -0.3 is 14.2 Å². The third kappa shape index (κ3) is 3.10. The van der Waals surface area contributed by atoms with Gasteiger partial charge in [-0.3, -0.25) is 9.98 Å². The molecule has 3 atom stereocenters. The molecule has 0 amide bonds. The summed E-state index contributed by atoms with van der Waals surface area (Å²) in [5.74, 6) is 1.97. The summed E-state index contributed by atoms with van der Waals surface area (Å²) in [4.78, 5) is 12.4. The van der Waals surface area contributed by atoms with Crippen LogP contribution in [0.25, 0.3) is 5.69 Å². The molecule has 0 unspecified atom stereocenters. The molecular formula is C24H26N4OS. The highest BCUT2D eigenvalue weighted by molar-refractivity contribution is 8.14. The fraction of sp³-hybridized carbons (Fsp3) is 0.333. The first-order valence-corrected chi connectivity index (χ1v) is 11.4. The smallest absolute Gasteiger partial charge is 0.160 e. The zero-order valence-corrected chi connectivity index (χ0v) is 18.3. The van der Waals surface area contributed by atoms with E-state index in [2.05, 4.69) is 64.7 Å². The quantitative estimate of drug-likeness (QED) is 0.573. The van der Waals surface area contributed by atoms with Crippen LogP contribution in [0.1, 0.15) is 42.5 Å². The lowest BCUT2D eigenvalue weighted by molar-refractivity contribution is 0.248. The van der Waals surface area contributed by atoms with Gasteiger partial charge in [-0.05, 0) is 61.9 Å². The molecule has 0 aliphatic carbocycles. The van der Waals surface area contributed by atoms with E-state index in [9.17, 15) is 0 Å². The van der Waals surface area contributed by atoms with Gasteiger partial charge in [-0.25, -0.2) is 0 Å². The van der Waals surface area contributed by atoms with Crippen molar-refractivity contribution >= 4 is 16.9 Å². The second-order valence-electron chi connectivity index (χ2n) is 7.77. The molecule has 0 saturated carbocycles. The van der Waals surface area contributed by atoms with Crippen molar-refractivity contribution in [2.75, 3.05) is 12.9 Å². The lowest BCUT2D eigenvalue weighted by Crippen LogP contribution is -2.36. The molecule has 1 fully saturated rings. The van der Waals surface area contributed by atoms with Crippen LogP contribution in [-0.2, 0) is 0 Å². The maximum atomic E-state index is 5.36. The van der Waals surface area contributed by atoms with Gasteiger partial charge in [0, 0.05) is 35.1 Å². The Morgan fingerprint density at radius 3 is 2.63 bits per heavy atom. The minimum absolute atomic E-state index is 0.00523. The summed E-state index contributed by atoms with van der Waals surface area (Å²) < 4.78 is 7.72. The van der Waals surface area contributed by atoms with Gasteiger partial charge in [-0.2, -0.15) is 0 Å². The molecule has 0 bridgehead atoms. The molecule has 0 radical (unpaired) electrons. The van der Waals surface area contributed by atoms with Gasteiger partial charge in [0.25, 0.3) is 0 Å². The molecule has 5 nitrogen and oxygen atoms in total. The Balaban J connectivity index is 1.63. The van der Waals surface area contributed by atoms with Crippen molar-refractivity contribution < 1.29 is 4.74 Å². The van der Waals surface area contributed by atoms with Gasteiger partial charge in [-0.1, -0.05) is 24.8 Å². The van der Waals surface area contributed by atoms with Crippen LogP contribution < -0.4 is 4.74 Å². The van der Waals surface area contributed by atoms with E-state index in [0.717, 1.165) is 34.5 Å². The Bertz CT molecular complexity index is 1060. The van der Waals surface area contributed by atoms with E-state index < -0.39 is 0 Å². The number of rotatable bonds is 5. The molecule has 1 aromatic carbocycles. The standard InChI is InChI=1S/C24H26N4OS/c1-4-17-15-30-24-26-22(20-7-5-6-14-25-20)23(28(17)24)21-13-8-16(2)27(21)18-9-11-19(29-3)12-10-18/h5-14,17,22-23H,4,15H2,1-3H3/t17-,22+,23+/m0/s1. The van der Waals surface area contributed by atoms with E-state index in [0.29, 0.717) is 6.04 Å². The van der Waals surface area contributed by atoms with Crippen LogP contribution in [0.5, 0.6) is 5.75 Å². The van der Waals surface area contributed by atoms with E-state index in [4.69, 9.17) is 9.73 Å². The number of ether oxygens (including phenoxy) is 1. The van der Waals surface area contributed by atoms with Crippen molar-refractivity contribution in [3.05, 3.63) is 77.9 Å². The van der Waals surface area contributed by atoms with Crippen LogP contribution in [0, 0.1) is 6.92 Å². The maximum absolute atomic E-state index is 5.36. The highest BCUT2D eigenvalue weighted by atomic mass is 32.2. The molecule has 5 rings (SSSR count). The van der Waals surface area contributed by atoms with Gasteiger partial charge >= 0.3 is 0 Å². The van der Waals surface area contributed by atoms with Gasteiger partial charge in [0.1, 0.15) is 17.8 Å². The molecule has 6 heteroatoms. The van der Waals surface area contributed by atoms with Gasteiger partial charge in [0.2, 0.25) is 0 Å². The predicted molar refractivity (Wildman–Crippen MR) is 123 cm³/mol. The summed E-state index contributed by atoms with van der Waals surface area (Å²) in [6.07, 6.45) is 2.98. The molecule has 154 valence electrons. The van der Waals surface area contributed by atoms with Crippen LogP contribution in [0.15, 0.2) is 65.8 Å². The van der Waals surface area contributed by atoms with Gasteiger partial charge in [0.15, 0.2) is 5.17 Å². The number of hydrogen-bond donors (Lipinski definition) is 0. The first kappa shape index (κ1) is 19.2. The zero-order chi connectivity index (χ0) is 20.7. The third-order valence-corrected chi connectivity index (χ3v) is 7.20. The number of amidine groups is 1. The number of methoxy groups -OCH3 is 1. The second-order valence-corrected chi connectivity index (χ2v) is 8.76.